The van der Waals surface area contributed by atoms with Gasteiger partial charge in [0.05, 0.1) is 11.5 Å². The van der Waals surface area contributed by atoms with Crippen LogP contribution in [0, 0.1) is 0 Å². The Hall–Kier alpha value is -3.79. The highest BCUT2D eigenvalue weighted by Crippen LogP contribution is 2.24. The van der Waals surface area contributed by atoms with Crippen LogP contribution < -0.4 is 5.32 Å². The summed E-state index contributed by atoms with van der Waals surface area (Å²) in [7, 11) is 1.88. The lowest BCUT2D eigenvalue weighted by molar-refractivity contribution is 0.242. The summed E-state index contributed by atoms with van der Waals surface area (Å²) in [6.07, 6.45) is 14.9. The van der Waals surface area contributed by atoms with Gasteiger partial charge in [-0.25, -0.2) is 0 Å². The van der Waals surface area contributed by atoms with E-state index in [0.29, 0.717) is 6.61 Å². The molecule has 0 amide bonds. The van der Waals surface area contributed by atoms with Gasteiger partial charge < -0.3 is 15.0 Å². The fourth-order valence-electron chi connectivity index (χ4n) is 2.69. The predicted molar refractivity (Wildman–Crippen MR) is 134 cm³/mol. The Morgan fingerprint density at radius 2 is 1.87 bits per heavy atom. The first-order valence-electron chi connectivity index (χ1n) is 10.2. The average molecular weight is 414 g/mol. The molecule has 4 nitrogen and oxygen atoms in total. The molecule has 1 aromatic carbocycles. The zero-order valence-corrected chi connectivity index (χ0v) is 18.6. The number of H-pyrrole nitrogens is 1. The lowest BCUT2D eigenvalue weighted by Crippen LogP contribution is -1.93. The third-order valence-corrected chi connectivity index (χ3v) is 4.39. The van der Waals surface area contributed by atoms with Gasteiger partial charge in [0.1, 0.15) is 12.4 Å². The van der Waals surface area contributed by atoms with Crippen LogP contribution in [0.2, 0.25) is 0 Å². The Balaban J connectivity index is 2.08. The number of aliphatic imine (C=N–C) groups is 1. The number of hydrogen-bond acceptors (Lipinski definition) is 3. The molecule has 1 heterocycles. The van der Waals surface area contributed by atoms with E-state index in [9.17, 15) is 0 Å². The van der Waals surface area contributed by atoms with Gasteiger partial charge in [-0.3, -0.25) is 4.99 Å². The fraction of sp³-hybridized carbons (Fsp3) is 0.148. The van der Waals surface area contributed by atoms with Crippen LogP contribution in [0.5, 0.6) is 0 Å². The number of allylic oxidation sites excluding steroid dienone is 8. The summed E-state index contributed by atoms with van der Waals surface area (Å²) in [6, 6.07) is 12.3. The SMILES string of the molecule is C=C/C=C\C=C(/C)CO/C(C)=C/C=C(\C=C)N=Cc1cc(-c2ccccc2)[nH]c1NC. The zero-order valence-electron chi connectivity index (χ0n) is 18.6. The molecule has 0 unspecified atom stereocenters. The van der Waals surface area contributed by atoms with Crippen LogP contribution in [0.25, 0.3) is 11.3 Å². The molecule has 4 heteroatoms. The summed E-state index contributed by atoms with van der Waals surface area (Å²) < 4.78 is 5.77. The fourth-order valence-corrected chi connectivity index (χ4v) is 2.69. The molecule has 0 aliphatic rings. The van der Waals surface area contributed by atoms with Crippen molar-refractivity contribution < 1.29 is 4.74 Å². The highest BCUT2D eigenvalue weighted by molar-refractivity contribution is 5.90. The average Bonchev–Trinajstić information content (AvgIpc) is 3.22. The largest absolute Gasteiger partial charge is 0.494 e. The van der Waals surface area contributed by atoms with Gasteiger partial charge in [0.2, 0.25) is 0 Å². The number of aromatic amines is 1. The molecule has 0 saturated heterocycles. The molecule has 31 heavy (non-hydrogen) atoms. The Kier molecular flexibility index (Phi) is 9.63. The van der Waals surface area contributed by atoms with E-state index in [2.05, 4.69) is 46.7 Å². The van der Waals surface area contributed by atoms with E-state index >= 15 is 0 Å². The van der Waals surface area contributed by atoms with Gasteiger partial charge in [-0.2, -0.15) is 0 Å². The molecule has 2 rings (SSSR count). The maximum absolute atomic E-state index is 5.77. The van der Waals surface area contributed by atoms with E-state index in [4.69, 9.17) is 4.74 Å². The Bertz CT molecular complexity index is 1020. The summed E-state index contributed by atoms with van der Waals surface area (Å²) in [4.78, 5) is 7.96. The number of anilines is 1. The maximum atomic E-state index is 5.77. The molecule has 0 aliphatic heterocycles. The Morgan fingerprint density at radius 3 is 2.55 bits per heavy atom. The summed E-state index contributed by atoms with van der Waals surface area (Å²) in [5.41, 5.74) is 5.00. The molecular weight excluding hydrogens is 382 g/mol. The molecule has 0 spiro atoms. The summed E-state index contributed by atoms with van der Waals surface area (Å²) in [5.74, 6) is 1.72. The normalized spacial score (nSPS) is 13.1. The lowest BCUT2D eigenvalue weighted by atomic mass is 10.1. The van der Waals surface area contributed by atoms with Gasteiger partial charge >= 0.3 is 0 Å². The van der Waals surface area contributed by atoms with Crippen molar-refractivity contribution in [2.24, 2.45) is 4.99 Å². The van der Waals surface area contributed by atoms with Gasteiger partial charge in [-0.15, -0.1) is 0 Å². The van der Waals surface area contributed by atoms with E-state index < -0.39 is 0 Å². The lowest BCUT2D eigenvalue weighted by Gasteiger charge is -2.05. The van der Waals surface area contributed by atoms with Crippen LogP contribution in [0.3, 0.4) is 0 Å². The first-order chi connectivity index (χ1) is 15.1. The number of rotatable bonds is 11. The third-order valence-electron chi connectivity index (χ3n) is 4.39. The first kappa shape index (κ1) is 23.5. The third kappa shape index (κ3) is 7.86. The van der Waals surface area contributed by atoms with E-state index in [1.807, 2.05) is 75.7 Å². The van der Waals surface area contributed by atoms with E-state index in [1.54, 1.807) is 12.2 Å². The minimum atomic E-state index is 0.529. The minimum absolute atomic E-state index is 0.529. The molecule has 0 bridgehead atoms. The molecule has 1 aromatic heterocycles. The van der Waals surface area contributed by atoms with E-state index in [1.165, 1.54) is 0 Å². The highest BCUT2D eigenvalue weighted by Gasteiger charge is 2.06. The smallest absolute Gasteiger partial charge is 0.112 e. The molecule has 160 valence electrons. The van der Waals surface area contributed by atoms with Crippen molar-refractivity contribution in [3.63, 3.8) is 0 Å². The molecule has 2 aromatic rings. The van der Waals surface area contributed by atoms with Crippen molar-refractivity contribution in [1.29, 1.82) is 0 Å². The van der Waals surface area contributed by atoms with Crippen LogP contribution in [0.4, 0.5) is 5.82 Å². The minimum Gasteiger partial charge on any atom is -0.494 e. The molecule has 0 aliphatic carbocycles. The summed E-state index contributed by atoms with van der Waals surface area (Å²) in [5, 5.41) is 3.18. The van der Waals surface area contributed by atoms with Crippen molar-refractivity contribution in [2.75, 3.05) is 19.0 Å². The quantitative estimate of drug-likeness (QED) is 0.241. The van der Waals surface area contributed by atoms with Crippen LogP contribution >= 0.6 is 0 Å². The van der Waals surface area contributed by atoms with Crippen molar-refractivity contribution in [1.82, 2.24) is 4.98 Å². The first-order valence-corrected chi connectivity index (χ1v) is 10.2. The number of nitrogens with zero attached hydrogens (tertiary/aromatic N) is 1. The Labute approximate surface area is 185 Å². The molecule has 0 fully saturated rings. The van der Waals surface area contributed by atoms with E-state index in [-0.39, 0.29) is 0 Å². The number of nitrogens with one attached hydrogen (secondary N) is 2. The number of hydrogen-bond donors (Lipinski definition) is 2. The van der Waals surface area contributed by atoms with Crippen molar-refractivity contribution >= 4 is 12.0 Å². The molecular formula is C27H31N3O. The molecule has 0 radical (unpaired) electrons. The maximum Gasteiger partial charge on any atom is 0.112 e. The van der Waals surface area contributed by atoms with Crippen LogP contribution in [0.1, 0.15) is 19.4 Å². The van der Waals surface area contributed by atoms with Gasteiger partial charge in [-0.05, 0) is 49.3 Å². The van der Waals surface area contributed by atoms with Crippen molar-refractivity contribution in [2.45, 2.75) is 13.8 Å². The molecule has 2 N–H and O–H groups in total. The van der Waals surface area contributed by atoms with Gasteiger partial charge in [0.25, 0.3) is 0 Å². The number of ether oxygens (including phenoxy) is 1. The predicted octanol–water partition coefficient (Wildman–Crippen LogP) is 6.82. The van der Waals surface area contributed by atoms with E-state index in [0.717, 1.165) is 39.7 Å². The second kappa shape index (κ2) is 12.7. The van der Waals surface area contributed by atoms with Gasteiger partial charge in [-0.1, -0.05) is 67.8 Å². The van der Waals surface area contributed by atoms with Crippen molar-refractivity contribution in [3.8, 4) is 11.3 Å². The van der Waals surface area contributed by atoms with Crippen LogP contribution in [-0.2, 0) is 4.74 Å². The van der Waals surface area contributed by atoms with Crippen LogP contribution in [0.15, 0.2) is 114 Å². The van der Waals surface area contributed by atoms with Gasteiger partial charge in [0.15, 0.2) is 0 Å². The topological polar surface area (TPSA) is 49.4 Å². The summed E-state index contributed by atoms with van der Waals surface area (Å²) >= 11 is 0. The van der Waals surface area contributed by atoms with Gasteiger partial charge in [0, 0.05) is 24.5 Å². The second-order valence-corrected chi connectivity index (χ2v) is 6.88. The monoisotopic (exact) mass is 413 g/mol. The van der Waals surface area contributed by atoms with Crippen LogP contribution in [-0.4, -0.2) is 24.9 Å². The highest BCUT2D eigenvalue weighted by atomic mass is 16.5. The molecule has 0 saturated carbocycles. The Morgan fingerprint density at radius 1 is 1.10 bits per heavy atom. The number of benzene rings is 1. The second-order valence-electron chi connectivity index (χ2n) is 6.88. The van der Waals surface area contributed by atoms with Crippen molar-refractivity contribution in [3.05, 3.63) is 115 Å². The summed E-state index contributed by atoms with van der Waals surface area (Å²) in [6.45, 7) is 12.0. The zero-order chi connectivity index (χ0) is 22.5. The molecule has 0 atom stereocenters. The standard InChI is InChI=1S/C27H31N3O/c1-6-8-10-13-21(3)20-31-22(4)16-17-25(7-2)29-19-24-18-26(30-27(24)28-5)23-14-11-9-12-15-23/h6-19,28,30H,1-2,20H2,3-5H3/b10-8-,21-13+,22-16+,25-17+,29-19?. The number of aromatic nitrogens is 1.